The summed E-state index contributed by atoms with van der Waals surface area (Å²) >= 11 is 0. The van der Waals surface area contributed by atoms with Crippen molar-refractivity contribution in [2.24, 2.45) is 5.73 Å². The molecule has 0 saturated heterocycles. The molecule has 14 heavy (non-hydrogen) atoms. The number of alkyl halides is 1. The van der Waals surface area contributed by atoms with Gasteiger partial charge in [-0.15, -0.1) is 12.4 Å². The molecule has 0 spiro atoms. The smallest absolute Gasteiger partial charge is 0.120 e. The van der Waals surface area contributed by atoms with Crippen LogP contribution in [-0.2, 0) is 0 Å². The second-order valence-electron chi connectivity index (χ2n) is 3.15. The number of aryl methyl sites for hydroxylation is 1. The first-order chi connectivity index (χ1) is 6.15. The van der Waals surface area contributed by atoms with Gasteiger partial charge in [0.25, 0.3) is 0 Å². The normalized spacial score (nSPS) is 11.9. The minimum Gasteiger partial charge on any atom is -0.508 e. The zero-order valence-electron chi connectivity index (χ0n) is 8.03. The van der Waals surface area contributed by atoms with E-state index < -0.39 is 12.7 Å². The van der Waals surface area contributed by atoms with E-state index in [0.717, 1.165) is 5.56 Å². The van der Waals surface area contributed by atoms with Crippen LogP contribution < -0.4 is 5.73 Å². The van der Waals surface area contributed by atoms with Crippen LogP contribution in [0.5, 0.6) is 5.75 Å². The van der Waals surface area contributed by atoms with Gasteiger partial charge < -0.3 is 10.8 Å². The number of rotatable bonds is 3. The lowest BCUT2D eigenvalue weighted by atomic mass is 10.0. The highest BCUT2D eigenvalue weighted by Crippen LogP contribution is 2.25. The number of nitrogens with two attached hydrogens (primary N) is 1. The molecular formula is C10H15ClFNO. The van der Waals surface area contributed by atoms with Crippen molar-refractivity contribution in [1.82, 2.24) is 0 Å². The number of hydrogen-bond acceptors (Lipinski definition) is 2. The molecule has 1 aromatic carbocycles. The van der Waals surface area contributed by atoms with E-state index in [1.807, 2.05) is 13.0 Å². The topological polar surface area (TPSA) is 46.2 Å². The van der Waals surface area contributed by atoms with Crippen LogP contribution in [0.25, 0.3) is 0 Å². The van der Waals surface area contributed by atoms with Crippen LogP contribution in [0.3, 0.4) is 0 Å². The fraction of sp³-hybridized carbons (Fsp3) is 0.400. The molecule has 0 aliphatic heterocycles. The zero-order chi connectivity index (χ0) is 9.84. The average molecular weight is 220 g/mol. The Kier molecular flexibility index (Phi) is 5.50. The highest BCUT2D eigenvalue weighted by molar-refractivity contribution is 5.85. The monoisotopic (exact) mass is 219 g/mol. The fourth-order valence-electron chi connectivity index (χ4n) is 1.24. The van der Waals surface area contributed by atoms with Crippen LogP contribution in [-0.4, -0.2) is 11.8 Å². The number of halogens is 2. The first kappa shape index (κ1) is 13.2. The van der Waals surface area contributed by atoms with Crippen molar-refractivity contribution in [2.45, 2.75) is 19.4 Å². The van der Waals surface area contributed by atoms with Crippen molar-refractivity contribution < 1.29 is 9.50 Å². The predicted octanol–water partition coefficient (Wildman–Crippen LogP) is 2.48. The Morgan fingerprint density at radius 1 is 1.50 bits per heavy atom. The molecule has 1 aromatic rings. The molecule has 0 heterocycles. The summed E-state index contributed by atoms with van der Waals surface area (Å²) in [6, 6.07) is 4.82. The molecule has 0 bridgehead atoms. The van der Waals surface area contributed by atoms with Gasteiger partial charge in [0.15, 0.2) is 0 Å². The van der Waals surface area contributed by atoms with Crippen LogP contribution in [0.15, 0.2) is 18.2 Å². The average Bonchev–Trinajstić information content (AvgIpc) is 2.04. The third kappa shape index (κ3) is 3.16. The summed E-state index contributed by atoms with van der Waals surface area (Å²) in [6.45, 7) is 1.42. The Balaban J connectivity index is 0.00000169. The Labute approximate surface area is 89.3 Å². The maximum Gasteiger partial charge on any atom is 0.120 e. The van der Waals surface area contributed by atoms with Crippen molar-refractivity contribution in [2.75, 3.05) is 6.67 Å². The number of aromatic hydroxyl groups is 1. The Morgan fingerprint density at radius 2 is 2.14 bits per heavy atom. The molecule has 3 N–H and O–H groups in total. The molecule has 0 aliphatic carbocycles. The maximum absolute atomic E-state index is 12.0. The van der Waals surface area contributed by atoms with Crippen LogP contribution in [0.2, 0.25) is 0 Å². The molecule has 80 valence electrons. The van der Waals surface area contributed by atoms with Gasteiger partial charge >= 0.3 is 0 Å². The Bertz CT molecular complexity index is 293. The van der Waals surface area contributed by atoms with Gasteiger partial charge in [0.2, 0.25) is 0 Å². The molecule has 1 rings (SSSR count). The minimum absolute atomic E-state index is 0. The van der Waals surface area contributed by atoms with Crippen molar-refractivity contribution in [3.8, 4) is 5.75 Å². The second-order valence-corrected chi connectivity index (χ2v) is 3.15. The summed E-state index contributed by atoms with van der Waals surface area (Å²) < 4.78 is 12.0. The molecule has 0 radical (unpaired) electrons. The summed E-state index contributed by atoms with van der Waals surface area (Å²) in [4.78, 5) is 0. The molecule has 2 nitrogen and oxygen atoms in total. The summed E-state index contributed by atoms with van der Waals surface area (Å²) in [7, 11) is 0. The number of hydrogen-bond donors (Lipinski definition) is 2. The SMILES string of the molecule is Cc1ccc([C@@H](N)CCF)c(O)c1.Cl. The third-order valence-corrected chi connectivity index (χ3v) is 2.01. The first-order valence-electron chi connectivity index (χ1n) is 4.26. The number of phenolic OH excluding ortho intramolecular Hbond substituents is 1. The lowest BCUT2D eigenvalue weighted by molar-refractivity contribution is 0.424. The van der Waals surface area contributed by atoms with E-state index >= 15 is 0 Å². The van der Waals surface area contributed by atoms with Gasteiger partial charge in [-0.05, 0) is 25.0 Å². The largest absolute Gasteiger partial charge is 0.508 e. The quantitative estimate of drug-likeness (QED) is 0.821. The molecule has 0 unspecified atom stereocenters. The molecule has 0 amide bonds. The third-order valence-electron chi connectivity index (χ3n) is 2.01. The van der Waals surface area contributed by atoms with Gasteiger partial charge in [0, 0.05) is 11.6 Å². The number of phenols is 1. The van der Waals surface area contributed by atoms with E-state index in [1.165, 1.54) is 0 Å². The summed E-state index contributed by atoms with van der Waals surface area (Å²) in [5, 5.41) is 9.49. The standard InChI is InChI=1S/C10H14FNO.ClH/c1-7-2-3-8(10(13)6-7)9(12)4-5-11;/h2-3,6,9,13H,4-5,12H2,1H3;1H/t9-;/m0./s1. The highest BCUT2D eigenvalue weighted by atomic mass is 35.5. The van der Waals surface area contributed by atoms with E-state index in [-0.39, 0.29) is 24.6 Å². The summed E-state index contributed by atoms with van der Waals surface area (Å²) in [5.41, 5.74) is 7.24. The van der Waals surface area contributed by atoms with Crippen molar-refractivity contribution >= 4 is 12.4 Å². The Morgan fingerprint density at radius 3 is 2.64 bits per heavy atom. The van der Waals surface area contributed by atoms with Crippen LogP contribution in [0, 0.1) is 6.92 Å². The van der Waals surface area contributed by atoms with E-state index in [0.29, 0.717) is 5.56 Å². The van der Waals surface area contributed by atoms with Gasteiger partial charge in [-0.25, -0.2) is 0 Å². The van der Waals surface area contributed by atoms with Crippen LogP contribution >= 0.6 is 12.4 Å². The fourth-order valence-corrected chi connectivity index (χ4v) is 1.24. The maximum atomic E-state index is 12.0. The zero-order valence-corrected chi connectivity index (χ0v) is 8.85. The molecule has 1 atom stereocenters. The van der Waals surface area contributed by atoms with Gasteiger partial charge in [-0.3, -0.25) is 4.39 Å². The van der Waals surface area contributed by atoms with Crippen molar-refractivity contribution in [1.29, 1.82) is 0 Å². The second kappa shape index (κ2) is 5.83. The number of benzene rings is 1. The van der Waals surface area contributed by atoms with Crippen LogP contribution in [0.4, 0.5) is 4.39 Å². The van der Waals surface area contributed by atoms with E-state index in [4.69, 9.17) is 5.73 Å². The molecule has 4 heteroatoms. The lowest BCUT2D eigenvalue weighted by Gasteiger charge is -2.11. The molecule has 0 fully saturated rings. The summed E-state index contributed by atoms with van der Waals surface area (Å²) in [5.74, 6) is 0.154. The van der Waals surface area contributed by atoms with Crippen molar-refractivity contribution in [3.05, 3.63) is 29.3 Å². The van der Waals surface area contributed by atoms with Crippen LogP contribution in [0.1, 0.15) is 23.6 Å². The van der Waals surface area contributed by atoms with Gasteiger partial charge in [-0.1, -0.05) is 12.1 Å². The van der Waals surface area contributed by atoms with Gasteiger partial charge in [-0.2, -0.15) is 0 Å². The molecule has 0 saturated carbocycles. The predicted molar refractivity (Wildman–Crippen MR) is 57.6 cm³/mol. The first-order valence-corrected chi connectivity index (χ1v) is 4.26. The molecular weight excluding hydrogens is 205 g/mol. The summed E-state index contributed by atoms with van der Waals surface area (Å²) in [6.07, 6.45) is 0.247. The van der Waals surface area contributed by atoms with Gasteiger partial charge in [0.1, 0.15) is 5.75 Å². The van der Waals surface area contributed by atoms with E-state index in [1.54, 1.807) is 12.1 Å². The highest BCUT2D eigenvalue weighted by Gasteiger charge is 2.09. The lowest BCUT2D eigenvalue weighted by Crippen LogP contribution is -2.11. The van der Waals surface area contributed by atoms with E-state index in [2.05, 4.69) is 0 Å². The minimum atomic E-state index is -0.464. The molecule has 0 aliphatic rings. The molecule has 0 aromatic heterocycles. The Hall–Kier alpha value is -0.800. The van der Waals surface area contributed by atoms with Gasteiger partial charge in [0.05, 0.1) is 6.67 Å². The van der Waals surface area contributed by atoms with Crippen molar-refractivity contribution in [3.63, 3.8) is 0 Å². The van der Waals surface area contributed by atoms with E-state index in [9.17, 15) is 9.50 Å².